The lowest BCUT2D eigenvalue weighted by molar-refractivity contribution is 0.187. The van der Waals surface area contributed by atoms with Crippen molar-refractivity contribution >= 4 is 23.5 Å². The van der Waals surface area contributed by atoms with Crippen LogP contribution in [0.5, 0.6) is 0 Å². The van der Waals surface area contributed by atoms with Gasteiger partial charge in [0.1, 0.15) is 11.0 Å². The molecule has 0 bridgehead atoms. The number of carboxylic acid groups (broad SMARTS) is 1. The van der Waals surface area contributed by atoms with Gasteiger partial charge in [-0.1, -0.05) is 11.6 Å². The van der Waals surface area contributed by atoms with Crippen molar-refractivity contribution in [3.63, 3.8) is 0 Å². The van der Waals surface area contributed by atoms with Crippen molar-refractivity contribution in [2.75, 3.05) is 18.0 Å². The van der Waals surface area contributed by atoms with Gasteiger partial charge < -0.3 is 15.3 Å². The quantitative estimate of drug-likeness (QED) is 0.807. The Hall–Kier alpha value is -2.00. The van der Waals surface area contributed by atoms with Gasteiger partial charge in [0, 0.05) is 19.1 Å². The summed E-state index contributed by atoms with van der Waals surface area (Å²) in [5.41, 5.74) is 0.473. The van der Waals surface area contributed by atoms with Gasteiger partial charge in [-0.3, -0.25) is 0 Å². The predicted octanol–water partition coefficient (Wildman–Crippen LogP) is 1.84. The van der Waals surface area contributed by atoms with Crippen LogP contribution < -0.4 is 10.2 Å². The Kier molecular flexibility index (Phi) is 4.07. The smallest absolute Gasteiger partial charge is 0.404 e. The van der Waals surface area contributed by atoms with Crippen LogP contribution in [0.3, 0.4) is 0 Å². The molecule has 0 aliphatic carbocycles. The molecule has 1 aliphatic heterocycles. The number of pyridine rings is 1. The fourth-order valence-corrected chi connectivity index (χ4v) is 2.34. The van der Waals surface area contributed by atoms with Gasteiger partial charge in [-0.15, -0.1) is 0 Å². The van der Waals surface area contributed by atoms with Crippen LogP contribution in [0.25, 0.3) is 0 Å². The summed E-state index contributed by atoms with van der Waals surface area (Å²) in [6.45, 7) is 1.37. The Balaban J connectivity index is 2.03. The Bertz CT molecular complexity index is 521. The highest BCUT2D eigenvalue weighted by Crippen LogP contribution is 2.21. The van der Waals surface area contributed by atoms with E-state index in [1.165, 1.54) is 6.07 Å². The van der Waals surface area contributed by atoms with E-state index in [0.29, 0.717) is 42.5 Å². The third kappa shape index (κ3) is 3.48. The fraction of sp³-hybridized carbons (Fsp3) is 0.417. The van der Waals surface area contributed by atoms with Crippen molar-refractivity contribution in [2.45, 2.75) is 18.9 Å². The monoisotopic (exact) mass is 280 g/mol. The summed E-state index contributed by atoms with van der Waals surface area (Å²) in [5, 5.41) is 20.3. The maximum atomic E-state index is 10.6. The highest BCUT2D eigenvalue weighted by molar-refractivity contribution is 6.29. The summed E-state index contributed by atoms with van der Waals surface area (Å²) in [6.07, 6.45) is 0.427. The topological polar surface area (TPSA) is 89.3 Å². The summed E-state index contributed by atoms with van der Waals surface area (Å²) in [7, 11) is 0. The van der Waals surface area contributed by atoms with Crippen LogP contribution in [0.1, 0.15) is 18.4 Å². The number of aromatic nitrogens is 1. The molecule has 0 aromatic carbocycles. The standard InChI is InChI=1S/C12H13ClN4O2/c13-10-5-8(7-14)6-11(16-10)17-3-1-9(2-4-17)15-12(18)19/h5-6,9,15H,1-4H2,(H,18,19). The van der Waals surface area contributed by atoms with Crippen LogP contribution in [-0.2, 0) is 0 Å². The first-order chi connectivity index (χ1) is 9.08. The first kappa shape index (κ1) is 13.4. The predicted molar refractivity (Wildman–Crippen MR) is 70.4 cm³/mol. The zero-order valence-electron chi connectivity index (χ0n) is 10.1. The molecule has 0 radical (unpaired) electrons. The van der Waals surface area contributed by atoms with Gasteiger partial charge in [0.25, 0.3) is 0 Å². The van der Waals surface area contributed by atoms with E-state index >= 15 is 0 Å². The Labute approximate surface area is 115 Å². The van der Waals surface area contributed by atoms with Gasteiger partial charge in [-0.25, -0.2) is 9.78 Å². The fourth-order valence-electron chi connectivity index (χ4n) is 2.14. The highest BCUT2D eigenvalue weighted by Gasteiger charge is 2.21. The molecule has 1 fully saturated rings. The molecular formula is C12H13ClN4O2. The molecule has 0 spiro atoms. The van der Waals surface area contributed by atoms with E-state index in [2.05, 4.69) is 10.3 Å². The number of amides is 1. The van der Waals surface area contributed by atoms with Gasteiger partial charge in [0.05, 0.1) is 11.6 Å². The molecule has 7 heteroatoms. The molecule has 100 valence electrons. The van der Waals surface area contributed by atoms with E-state index in [0.717, 1.165) is 0 Å². The number of rotatable bonds is 2. The summed E-state index contributed by atoms with van der Waals surface area (Å²) in [5.74, 6) is 0.665. The minimum Gasteiger partial charge on any atom is -0.465 e. The zero-order chi connectivity index (χ0) is 13.8. The normalized spacial score (nSPS) is 15.9. The molecule has 0 atom stereocenters. The molecule has 2 N–H and O–H groups in total. The number of anilines is 1. The Morgan fingerprint density at radius 2 is 2.21 bits per heavy atom. The summed E-state index contributed by atoms with van der Waals surface area (Å²) in [6, 6.07) is 5.23. The first-order valence-electron chi connectivity index (χ1n) is 5.90. The molecule has 0 saturated carbocycles. The van der Waals surface area contributed by atoms with E-state index in [1.54, 1.807) is 6.07 Å². The van der Waals surface area contributed by atoms with Crippen molar-refractivity contribution in [1.29, 1.82) is 5.26 Å². The molecule has 1 amide bonds. The maximum Gasteiger partial charge on any atom is 0.404 e. The van der Waals surface area contributed by atoms with E-state index in [4.69, 9.17) is 22.0 Å². The number of hydrogen-bond acceptors (Lipinski definition) is 4. The van der Waals surface area contributed by atoms with Gasteiger partial charge in [0.2, 0.25) is 0 Å². The summed E-state index contributed by atoms with van der Waals surface area (Å²) in [4.78, 5) is 16.8. The van der Waals surface area contributed by atoms with E-state index in [1.807, 2.05) is 11.0 Å². The third-order valence-electron chi connectivity index (χ3n) is 3.06. The average Bonchev–Trinajstić information content (AvgIpc) is 2.38. The van der Waals surface area contributed by atoms with Crippen molar-refractivity contribution in [2.24, 2.45) is 0 Å². The van der Waals surface area contributed by atoms with Crippen LogP contribution in [-0.4, -0.2) is 35.3 Å². The number of halogens is 1. The van der Waals surface area contributed by atoms with Crippen LogP contribution in [0.4, 0.5) is 10.6 Å². The third-order valence-corrected chi connectivity index (χ3v) is 3.25. The molecule has 2 heterocycles. The van der Waals surface area contributed by atoms with Crippen molar-refractivity contribution < 1.29 is 9.90 Å². The summed E-state index contributed by atoms with van der Waals surface area (Å²) < 4.78 is 0. The van der Waals surface area contributed by atoms with Crippen LogP contribution in [0.2, 0.25) is 5.15 Å². The number of carbonyl (C=O) groups is 1. The van der Waals surface area contributed by atoms with E-state index < -0.39 is 6.09 Å². The molecule has 0 unspecified atom stereocenters. The Morgan fingerprint density at radius 1 is 1.53 bits per heavy atom. The molecule has 19 heavy (non-hydrogen) atoms. The van der Waals surface area contributed by atoms with Gasteiger partial charge in [-0.05, 0) is 25.0 Å². The van der Waals surface area contributed by atoms with Crippen molar-refractivity contribution in [3.05, 3.63) is 22.8 Å². The van der Waals surface area contributed by atoms with Crippen molar-refractivity contribution in [1.82, 2.24) is 10.3 Å². The lowest BCUT2D eigenvalue weighted by atomic mass is 10.1. The molecule has 1 saturated heterocycles. The summed E-state index contributed by atoms with van der Waals surface area (Å²) >= 11 is 5.87. The van der Waals surface area contributed by atoms with Gasteiger partial charge >= 0.3 is 6.09 Å². The number of piperidine rings is 1. The zero-order valence-corrected chi connectivity index (χ0v) is 10.9. The minimum atomic E-state index is -0.994. The molecule has 1 aliphatic rings. The van der Waals surface area contributed by atoms with Crippen LogP contribution in [0.15, 0.2) is 12.1 Å². The van der Waals surface area contributed by atoms with Gasteiger partial charge in [-0.2, -0.15) is 5.26 Å². The second kappa shape index (κ2) is 5.76. The molecule has 2 rings (SSSR count). The van der Waals surface area contributed by atoms with Crippen LogP contribution >= 0.6 is 11.6 Å². The van der Waals surface area contributed by atoms with Crippen molar-refractivity contribution in [3.8, 4) is 6.07 Å². The minimum absolute atomic E-state index is 0.0247. The second-order valence-electron chi connectivity index (χ2n) is 4.36. The maximum absolute atomic E-state index is 10.6. The molecule has 1 aromatic rings. The largest absolute Gasteiger partial charge is 0.465 e. The Morgan fingerprint density at radius 3 is 2.79 bits per heavy atom. The number of nitrogens with one attached hydrogen (secondary N) is 1. The molecule has 6 nitrogen and oxygen atoms in total. The number of nitrogens with zero attached hydrogens (tertiary/aromatic N) is 3. The second-order valence-corrected chi connectivity index (χ2v) is 4.75. The van der Waals surface area contributed by atoms with Crippen LogP contribution in [0, 0.1) is 11.3 Å². The van der Waals surface area contributed by atoms with E-state index in [-0.39, 0.29) is 6.04 Å². The molecule has 1 aromatic heterocycles. The highest BCUT2D eigenvalue weighted by atomic mass is 35.5. The average molecular weight is 281 g/mol. The molecular weight excluding hydrogens is 268 g/mol. The lowest BCUT2D eigenvalue weighted by Crippen LogP contribution is -2.44. The first-order valence-corrected chi connectivity index (χ1v) is 6.28. The van der Waals surface area contributed by atoms with Gasteiger partial charge in [0.15, 0.2) is 0 Å². The SMILES string of the molecule is N#Cc1cc(Cl)nc(N2CCC(NC(=O)O)CC2)c1. The number of nitriles is 1. The lowest BCUT2D eigenvalue weighted by Gasteiger charge is -2.32. The number of hydrogen-bond donors (Lipinski definition) is 2. The van der Waals surface area contributed by atoms with E-state index in [9.17, 15) is 4.79 Å².